The zero-order chi connectivity index (χ0) is 19.8. The van der Waals surface area contributed by atoms with E-state index in [0.717, 1.165) is 18.7 Å². The van der Waals surface area contributed by atoms with Crippen LogP contribution in [0.1, 0.15) is 55.0 Å². The Morgan fingerprint density at radius 2 is 2.11 bits per heavy atom. The number of piperidine rings is 1. The lowest BCUT2D eigenvalue weighted by Gasteiger charge is -2.31. The number of aromatic nitrogens is 4. The van der Waals surface area contributed by atoms with Gasteiger partial charge in [0.05, 0.1) is 0 Å². The molecule has 1 unspecified atom stereocenters. The molecule has 0 spiro atoms. The summed E-state index contributed by atoms with van der Waals surface area (Å²) in [4.78, 5) is 12.0. The van der Waals surface area contributed by atoms with Gasteiger partial charge >= 0.3 is 0 Å². The van der Waals surface area contributed by atoms with Gasteiger partial charge in [-0.15, -0.1) is 10.2 Å². The topological polar surface area (TPSA) is 102 Å². The lowest BCUT2D eigenvalue weighted by atomic mass is 9.98. The van der Waals surface area contributed by atoms with Crippen LogP contribution < -0.4 is 5.32 Å². The van der Waals surface area contributed by atoms with Crippen molar-refractivity contribution in [1.29, 1.82) is 0 Å². The van der Waals surface area contributed by atoms with Gasteiger partial charge in [-0.1, -0.05) is 0 Å². The normalized spacial score (nSPS) is 18.8. The van der Waals surface area contributed by atoms with Gasteiger partial charge in [-0.3, -0.25) is 4.79 Å². The zero-order valence-corrected chi connectivity index (χ0v) is 16.9. The molecule has 1 atom stereocenters. The van der Waals surface area contributed by atoms with Crippen molar-refractivity contribution in [2.75, 3.05) is 20.1 Å². The van der Waals surface area contributed by atoms with Gasteiger partial charge in [0.1, 0.15) is 22.7 Å². The van der Waals surface area contributed by atoms with Gasteiger partial charge in [0.15, 0.2) is 0 Å². The van der Waals surface area contributed by atoms with Crippen molar-refractivity contribution in [3.05, 3.63) is 30.1 Å². The first-order valence-corrected chi connectivity index (χ1v) is 10.5. The van der Waals surface area contributed by atoms with E-state index in [0.29, 0.717) is 18.8 Å². The summed E-state index contributed by atoms with van der Waals surface area (Å²) in [6.45, 7) is 4.92. The van der Waals surface area contributed by atoms with Crippen LogP contribution in [0, 0.1) is 0 Å². The third-order valence-electron chi connectivity index (χ3n) is 4.98. The van der Waals surface area contributed by atoms with Crippen molar-refractivity contribution in [3.63, 3.8) is 0 Å². The molecule has 10 heteroatoms. The summed E-state index contributed by atoms with van der Waals surface area (Å²) < 4.78 is 31.3. The second kappa shape index (κ2) is 7.43. The minimum absolute atomic E-state index is 0.000507. The number of nitrogens with zero attached hydrogens (tertiary/aromatic N) is 5. The molecule has 0 saturated carbocycles. The monoisotopic (exact) mass is 394 g/mol. The maximum atomic E-state index is 13.1. The summed E-state index contributed by atoms with van der Waals surface area (Å²) >= 11 is 0. The molecule has 1 saturated heterocycles. The molecule has 1 aliphatic rings. The van der Waals surface area contributed by atoms with Gasteiger partial charge in [-0.2, -0.15) is 4.31 Å². The van der Waals surface area contributed by atoms with Crippen LogP contribution >= 0.6 is 0 Å². The number of aryl methyl sites for hydroxylation is 1. The second-order valence-electron chi connectivity index (χ2n) is 7.14. The highest BCUT2D eigenvalue weighted by Crippen LogP contribution is 2.30. The molecule has 1 N–H and O–H groups in total. The van der Waals surface area contributed by atoms with Gasteiger partial charge in [-0.05, 0) is 32.8 Å². The van der Waals surface area contributed by atoms with Crippen LogP contribution in [-0.4, -0.2) is 58.1 Å². The lowest BCUT2D eigenvalue weighted by molar-refractivity contribution is 0.0955. The number of rotatable bonds is 5. The van der Waals surface area contributed by atoms with Gasteiger partial charge in [0.2, 0.25) is 10.0 Å². The Morgan fingerprint density at radius 1 is 1.37 bits per heavy atom. The highest BCUT2D eigenvalue weighted by molar-refractivity contribution is 7.89. The largest absolute Gasteiger partial charge is 0.354 e. The molecule has 3 rings (SSSR count). The van der Waals surface area contributed by atoms with E-state index >= 15 is 0 Å². The molecule has 1 aliphatic heterocycles. The summed E-state index contributed by atoms with van der Waals surface area (Å²) in [7, 11) is -0.510. The summed E-state index contributed by atoms with van der Waals surface area (Å²) in [5, 5.41) is 10.8. The highest BCUT2D eigenvalue weighted by atomic mass is 32.2. The van der Waals surface area contributed by atoms with Crippen molar-refractivity contribution >= 4 is 15.9 Å². The predicted octanol–water partition coefficient (Wildman–Crippen LogP) is 1.13. The number of sulfonamides is 1. The molecule has 0 radical (unpaired) electrons. The number of amides is 1. The Balaban J connectivity index is 1.87. The SMILES string of the molecule is CNC(=O)c1cc(S(=O)(=O)N2CCCC(c3nncn3C(C)C)C2)cn1C. The van der Waals surface area contributed by atoms with E-state index in [9.17, 15) is 13.2 Å². The van der Waals surface area contributed by atoms with Crippen LogP contribution in [0.15, 0.2) is 23.5 Å². The molecule has 2 aromatic heterocycles. The number of carbonyl (C=O) groups excluding carboxylic acids is 1. The third-order valence-corrected chi connectivity index (χ3v) is 6.81. The number of nitrogens with one attached hydrogen (secondary N) is 1. The van der Waals surface area contributed by atoms with E-state index in [-0.39, 0.29) is 22.8 Å². The van der Waals surface area contributed by atoms with E-state index in [2.05, 4.69) is 29.4 Å². The fourth-order valence-corrected chi connectivity index (χ4v) is 5.09. The van der Waals surface area contributed by atoms with Gasteiger partial charge in [-0.25, -0.2) is 8.42 Å². The lowest BCUT2D eigenvalue weighted by Crippen LogP contribution is -2.39. The maximum absolute atomic E-state index is 13.1. The third kappa shape index (κ3) is 3.63. The van der Waals surface area contributed by atoms with Crippen LogP contribution in [0.3, 0.4) is 0 Å². The average Bonchev–Trinajstić information content (AvgIpc) is 3.28. The number of carbonyl (C=O) groups is 1. The first-order valence-electron chi connectivity index (χ1n) is 9.03. The van der Waals surface area contributed by atoms with E-state index < -0.39 is 10.0 Å². The molecule has 1 fully saturated rings. The minimum atomic E-state index is -3.69. The molecule has 27 heavy (non-hydrogen) atoms. The first kappa shape index (κ1) is 19.6. The maximum Gasteiger partial charge on any atom is 0.267 e. The Kier molecular flexibility index (Phi) is 5.38. The highest BCUT2D eigenvalue weighted by Gasteiger charge is 2.34. The molecule has 0 aromatic carbocycles. The van der Waals surface area contributed by atoms with Crippen molar-refractivity contribution in [1.82, 2.24) is 29.0 Å². The van der Waals surface area contributed by atoms with Crippen LogP contribution in [0.4, 0.5) is 0 Å². The molecular formula is C17H26N6O3S. The summed E-state index contributed by atoms with van der Waals surface area (Å²) in [6.07, 6.45) is 4.81. The van der Waals surface area contributed by atoms with Crippen molar-refractivity contribution in [2.24, 2.45) is 7.05 Å². The van der Waals surface area contributed by atoms with Gasteiger partial charge < -0.3 is 14.5 Å². The average molecular weight is 395 g/mol. The summed E-state index contributed by atoms with van der Waals surface area (Å²) in [5.74, 6) is 0.505. The van der Waals surface area contributed by atoms with Crippen molar-refractivity contribution in [3.8, 4) is 0 Å². The first-order chi connectivity index (χ1) is 12.8. The van der Waals surface area contributed by atoms with E-state index in [4.69, 9.17) is 0 Å². The number of hydrogen-bond donors (Lipinski definition) is 1. The molecular weight excluding hydrogens is 368 g/mol. The zero-order valence-electron chi connectivity index (χ0n) is 16.1. The predicted molar refractivity (Wildman–Crippen MR) is 99.9 cm³/mol. The van der Waals surface area contributed by atoms with E-state index in [1.54, 1.807) is 13.4 Å². The van der Waals surface area contributed by atoms with E-state index in [1.807, 2.05) is 4.57 Å². The van der Waals surface area contributed by atoms with Crippen molar-refractivity contribution < 1.29 is 13.2 Å². The molecule has 3 heterocycles. The smallest absolute Gasteiger partial charge is 0.267 e. The van der Waals surface area contributed by atoms with E-state index in [1.165, 1.54) is 28.2 Å². The second-order valence-corrected chi connectivity index (χ2v) is 9.08. The van der Waals surface area contributed by atoms with Gasteiger partial charge in [0.25, 0.3) is 5.91 Å². The molecule has 9 nitrogen and oxygen atoms in total. The Morgan fingerprint density at radius 3 is 2.78 bits per heavy atom. The van der Waals surface area contributed by atoms with Crippen LogP contribution in [0.2, 0.25) is 0 Å². The fraction of sp³-hybridized carbons (Fsp3) is 0.588. The Bertz CT molecular complexity index is 930. The quantitative estimate of drug-likeness (QED) is 0.819. The minimum Gasteiger partial charge on any atom is -0.354 e. The summed E-state index contributed by atoms with van der Waals surface area (Å²) in [5.41, 5.74) is 0.309. The van der Waals surface area contributed by atoms with Crippen LogP contribution in [-0.2, 0) is 17.1 Å². The standard InChI is InChI=1S/C17H26N6O3S/c1-12(2)23-11-19-20-16(23)13-6-5-7-22(9-13)27(25,26)14-8-15(17(24)18-3)21(4)10-14/h8,10-13H,5-7,9H2,1-4H3,(H,18,24). The molecule has 1 amide bonds. The van der Waals surface area contributed by atoms with Crippen LogP contribution in [0.25, 0.3) is 0 Å². The molecule has 148 valence electrons. The summed E-state index contributed by atoms with van der Waals surface area (Å²) in [6, 6.07) is 1.64. The molecule has 2 aromatic rings. The van der Waals surface area contributed by atoms with Crippen LogP contribution in [0.5, 0.6) is 0 Å². The van der Waals surface area contributed by atoms with Crippen molar-refractivity contribution in [2.45, 2.75) is 43.5 Å². The molecule has 0 bridgehead atoms. The Hall–Kier alpha value is -2.20. The van der Waals surface area contributed by atoms with Gasteiger partial charge in [0, 0.05) is 45.3 Å². The fourth-order valence-electron chi connectivity index (χ4n) is 3.49. The molecule has 0 aliphatic carbocycles. The number of hydrogen-bond acceptors (Lipinski definition) is 5. The Labute approximate surface area is 159 Å².